The zero-order chi connectivity index (χ0) is 15.7. The van der Waals surface area contributed by atoms with Gasteiger partial charge in [0.25, 0.3) is 0 Å². The highest BCUT2D eigenvalue weighted by Crippen LogP contribution is 2.55. The van der Waals surface area contributed by atoms with Crippen molar-refractivity contribution in [2.45, 2.75) is 78.2 Å². The minimum atomic E-state index is -0.645. The number of carbonyl (C=O) groups is 1. The predicted molar refractivity (Wildman–Crippen MR) is 87.0 cm³/mol. The van der Waals surface area contributed by atoms with Crippen molar-refractivity contribution in [3.63, 3.8) is 0 Å². The highest BCUT2D eigenvalue weighted by atomic mass is 16.3. The Balaban J connectivity index is 1.99. The molecule has 0 aromatic carbocycles. The predicted octanol–water partition coefficient (Wildman–Crippen LogP) is 4.52. The molecule has 2 fully saturated rings. The summed E-state index contributed by atoms with van der Waals surface area (Å²) in [5.41, 5.74) is -0.412. The molecule has 0 unspecified atom stereocenters. The largest absolute Gasteiger partial charge is 0.390 e. The normalized spacial score (nSPS) is 35.2. The third kappa shape index (κ3) is 3.41. The molecule has 0 heterocycles. The highest BCUT2D eigenvalue weighted by molar-refractivity contribution is 5.83. The van der Waals surface area contributed by atoms with Crippen LogP contribution in [0, 0.1) is 23.2 Å². The molecule has 120 valence electrons. The fourth-order valence-corrected chi connectivity index (χ4v) is 4.70. The molecule has 0 radical (unpaired) electrons. The van der Waals surface area contributed by atoms with Crippen molar-refractivity contribution in [2.75, 3.05) is 0 Å². The second-order valence-electron chi connectivity index (χ2n) is 7.98. The molecule has 0 amide bonds. The first-order valence-electron chi connectivity index (χ1n) is 8.70. The lowest BCUT2D eigenvalue weighted by atomic mass is 9.64. The van der Waals surface area contributed by atoms with Crippen LogP contribution < -0.4 is 0 Å². The van der Waals surface area contributed by atoms with E-state index in [1.807, 2.05) is 13.8 Å². The maximum atomic E-state index is 12.1. The third-order valence-electron chi connectivity index (χ3n) is 6.20. The Labute approximate surface area is 130 Å². The maximum Gasteiger partial charge on any atom is 0.136 e. The van der Waals surface area contributed by atoms with Gasteiger partial charge in [-0.05, 0) is 63.7 Å². The number of hydrogen-bond acceptors (Lipinski definition) is 2. The number of rotatable bonds is 5. The number of fused-ring (bicyclic) bond motifs is 1. The molecule has 0 bridgehead atoms. The van der Waals surface area contributed by atoms with Gasteiger partial charge in [-0.1, -0.05) is 26.0 Å². The summed E-state index contributed by atoms with van der Waals surface area (Å²) < 4.78 is 0. The number of Topliss-reactive ketones (excluding diaryl/α,β-unsaturated/α-hetero) is 1. The molecule has 2 aliphatic carbocycles. The van der Waals surface area contributed by atoms with Crippen LogP contribution in [-0.4, -0.2) is 16.5 Å². The monoisotopic (exact) mass is 292 g/mol. The summed E-state index contributed by atoms with van der Waals surface area (Å²) in [5, 5.41) is 10.1. The fraction of sp³-hybridized carbons (Fsp3) is 0.842. The van der Waals surface area contributed by atoms with Gasteiger partial charge in [-0.3, -0.25) is 4.79 Å². The minimum absolute atomic E-state index is 0.218. The van der Waals surface area contributed by atoms with Gasteiger partial charge >= 0.3 is 0 Å². The van der Waals surface area contributed by atoms with Gasteiger partial charge in [0.15, 0.2) is 0 Å². The molecule has 21 heavy (non-hydrogen) atoms. The Morgan fingerprint density at radius 1 is 1.43 bits per heavy atom. The number of hydrogen-bond donors (Lipinski definition) is 1. The van der Waals surface area contributed by atoms with Gasteiger partial charge in [0.1, 0.15) is 5.78 Å². The molecular weight excluding hydrogens is 260 g/mol. The van der Waals surface area contributed by atoms with E-state index >= 15 is 0 Å². The van der Waals surface area contributed by atoms with Crippen molar-refractivity contribution < 1.29 is 9.90 Å². The SMILES string of the molecule is CC[C@@H](/C=C/C[C@H]1CC[C@H]2C(=O)CCC[C@]12C)C(C)(C)O. The van der Waals surface area contributed by atoms with Gasteiger partial charge in [-0.15, -0.1) is 0 Å². The van der Waals surface area contributed by atoms with Gasteiger partial charge in [0, 0.05) is 18.3 Å². The lowest BCUT2D eigenvalue weighted by Crippen LogP contribution is -2.37. The number of ketones is 1. The van der Waals surface area contributed by atoms with Crippen LogP contribution in [-0.2, 0) is 4.79 Å². The van der Waals surface area contributed by atoms with Crippen LogP contribution in [0.2, 0.25) is 0 Å². The van der Waals surface area contributed by atoms with Crippen LogP contribution in [0.25, 0.3) is 0 Å². The summed E-state index contributed by atoms with van der Waals surface area (Å²) in [4.78, 5) is 12.1. The molecule has 0 aliphatic heterocycles. The van der Waals surface area contributed by atoms with E-state index in [-0.39, 0.29) is 11.3 Å². The van der Waals surface area contributed by atoms with Crippen LogP contribution in [0.5, 0.6) is 0 Å². The summed E-state index contributed by atoms with van der Waals surface area (Å²) in [5.74, 6) is 1.69. The first-order valence-corrected chi connectivity index (χ1v) is 8.70. The number of aliphatic hydroxyl groups is 1. The molecule has 2 rings (SSSR count). The Kier molecular flexibility index (Phi) is 4.97. The van der Waals surface area contributed by atoms with E-state index in [1.54, 1.807) is 0 Å². The zero-order valence-corrected chi connectivity index (χ0v) is 14.2. The molecule has 0 saturated heterocycles. The highest BCUT2D eigenvalue weighted by Gasteiger charge is 2.50. The van der Waals surface area contributed by atoms with Crippen molar-refractivity contribution in [3.05, 3.63) is 12.2 Å². The third-order valence-corrected chi connectivity index (χ3v) is 6.20. The van der Waals surface area contributed by atoms with E-state index in [2.05, 4.69) is 26.0 Å². The number of allylic oxidation sites excluding steroid dienone is 1. The summed E-state index contributed by atoms with van der Waals surface area (Å²) in [6, 6.07) is 0. The van der Waals surface area contributed by atoms with E-state index in [4.69, 9.17) is 0 Å². The van der Waals surface area contributed by atoms with E-state index < -0.39 is 5.60 Å². The van der Waals surface area contributed by atoms with Gasteiger partial charge < -0.3 is 5.11 Å². The van der Waals surface area contributed by atoms with Crippen LogP contribution >= 0.6 is 0 Å². The standard InChI is InChI=1S/C19H32O2/c1-5-14(18(2,3)21)8-6-9-15-11-12-16-17(20)10-7-13-19(15,16)4/h6,8,14-16,21H,5,7,9-13H2,1-4H3/b8-6+/t14-,15-,16-,19+/m0/s1. The molecule has 2 heteroatoms. The Hall–Kier alpha value is -0.630. The van der Waals surface area contributed by atoms with E-state index in [0.29, 0.717) is 17.6 Å². The molecule has 2 nitrogen and oxygen atoms in total. The summed E-state index contributed by atoms with van der Waals surface area (Å²) in [7, 11) is 0. The van der Waals surface area contributed by atoms with Gasteiger partial charge in [0.2, 0.25) is 0 Å². The van der Waals surface area contributed by atoms with Crippen molar-refractivity contribution in [3.8, 4) is 0 Å². The Bertz CT molecular complexity index is 404. The fourth-order valence-electron chi connectivity index (χ4n) is 4.70. The Morgan fingerprint density at radius 3 is 2.76 bits per heavy atom. The smallest absolute Gasteiger partial charge is 0.136 e. The quantitative estimate of drug-likeness (QED) is 0.757. The topological polar surface area (TPSA) is 37.3 Å². The van der Waals surface area contributed by atoms with E-state index in [9.17, 15) is 9.90 Å². The van der Waals surface area contributed by atoms with Crippen LogP contribution in [0.4, 0.5) is 0 Å². The molecule has 0 aromatic heterocycles. The lowest BCUT2D eigenvalue weighted by molar-refractivity contribution is -0.129. The molecule has 0 aromatic rings. The molecule has 4 atom stereocenters. The zero-order valence-electron chi connectivity index (χ0n) is 14.2. The molecule has 2 saturated carbocycles. The van der Waals surface area contributed by atoms with Crippen LogP contribution in [0.3, 0.4) is 0 Å². The average Bonchev–Trinajstić information content (AvgIpc) is 2.71. The van der Waals surface area contributed by atoms with E-state index in [0.717, 1.165) is 32.1 Å². The summed E-state index contributed by atoms with van der Waals surface area (Å²) in [6.45, 7) is 8.24. The second kappa shape index (κ2) is 6.24. The van der Waals surface area contributed by atoms with Crippen molar-refractivity contribution >= 4 is 5.78 Å². The van der Waals surface area contributed by atoms with Crippen molar-refractivity contribution in [1.82, 2.24) is 0 Å². The van der Waals surface area contributed by atoms with Crippen LogP contribution in [0.1, 0.15) is 72.6 Å². The number of carbonyl (C=O) groups excluding carboxylic acids is 1. The molecular formula is C19H32O2. The van der Waals surface area contributed by atoms with E-state index in [1.165, 1.54) is 12.8 Å². The lowest BCUT2D eigenvalue weighted by Gasteiger charge is -2.39. The molecule has 2 aliphatic rings. The summed E-state index contributed by atoms with van der Waals surface area (Å²) in [6.07, 6.45) is 11.9. The Morgan fingerprint density at radius 2 is 2.14 bits per heavy atom. The first-order chi connectivity index (χ1) is 9.79. The molecule has 0 spiro atoms. The first kappa shape index (κ1) is 16.7. The average molecular weight is 292 g/mol. The molecule has 1 N–H and O–H groups in total. The van der Waals surface area contributed by atoms with Crippen molar-refractivity contribution in [2.24, 2.45) is 23.2 Å². The van der Waals surface area contributed by atoms with Gasteiger partial charge in [-0.2, -0.15) is 0 Å². The summed E-state index contributed by atoms with van der Waals surface area (Å²) >= 11 is 0. The second-order valence-corrected chi connectivity index (χ2v) is 7.98. The van der Waals surface area contributed by atoms with Gasteiger partial charge in [0.05, 0.1) is 5.60 Å². The van der Waals surface area contributed by atoms with Crippen LogP contribution in [0.15, 0.2) is 12.2 Å². The van der Waals surface area contributed by atoms with Crippen molar-refractivity contribution in [1.29, 1.82) is 0 Å². The van der Waals surface area contributed by atoms with Gasteiger partial charge in [-0.25, -0.2) is 0 Å². The maximum absolute atomic E-state index is 12.1. The minimum Gasteiger partial charge on any atom is -0.390 e.